The summed E-state index contributed by atoms with van der Waals surface area (Å²) in [4.78, 5) is 25.8. The monoisotopic (exact) mass is 540 g/mol. The third-order valence-corrected chi connectivity index (χ3v) is 6.94. The summed E-state index contributed by atoms with van der Waals surface area (Å²) >= 11 is 1.46. The Morgan fingerprint density at radius 2 is 1.84 bits per heavy atom. The van der Waals surface area contributed by atoms with Gasteiger partial charge in [-0.2, -0.15) is 0 Å². The highest BCUT2D eigenvalue weighted by atomic mass is 32.2. The molecule has 0 aliphatic heterocycles. The SMILES string of the molecule is COc1c(NSC)cc(C2(C)CC2)cc1NC(=O)c1ccc(C)c(N(N)/C=C(\N)C(=O)NCC(C)(C)C)c1. The first-order valence-corrected chi connectivity index (χ1v) is 13.7. The number of hydrazine groups is 1. The fourth-order valence-corrected chi connectivity index (χ4v) is 4.27. The molecular formula is C28H40N6O3S. The lowest BCUT2D eigenvalue weighted by atomic mass is 9.96. The van der Waals surface area contributed by atoms with E-state index in [1.165, 1.54) is 23.2 Å². The first kappa shape index (κ1) is 29.2. The maximum absolute atomic E-state index is 13.4. The molecule has 2 aromatic rings. The van der Waals surface area contributed by atoms with E-state index < -0.39 is 5.91 Å². The molecule has 38 heavy (non-hydrogen) atoms. The lowest BCUT2D eigenvalue weighted by Gasteiger charge is -2.21. The molecule has 0 aromatic heterocycles. The molecular weight excluding hydrogens is 500 g/mol. The lowest BCUT2D eigenvalue weighted by molar-refractivity contribution is -0.117. The number of carbonyl (C=O) groups is 2. The van der Waals surface area contributed by atoms with Crippen LogP contribution in [-0.2, 0) is 10.2 Å². The van der Waals surface area contributed by atoms with Crippen LogP contribution < -0.4 is 36.7 Å². The average Bonchev–Trinajstić information content (AvgIpc) is 3.60. The summed E-state index contributed by atoms with van der Waals surface area (Å²) in [7, 11) is 1.58. The Balaban J connectivity index is 1.86. The number of nitrogens with two attached hydrogens (primary N) is 2. The molecule has 0 radical (unpaired) electrons. The van der Waals surface area contributed by atoms with Gasteiger partial charge in [0.15, 0.2) is 5.75 Å². The summed E-state index contributed by atoms with van der Waals surface area (Å²) in [5.74, 6) is 6.08. The van der Waals surface area contributed by atoms with Crippen LogP contribution in [0.15, 0.2) is 42.2 Å². The lowest BCUT2D eigenvalue weighted by Crippen LogP contribution is -2.37. The zero-order valence-electron chi connectivity index (χ0n) is 23.3. The molecule has 10 heteroatoms. The molecule has 2 amide bonds. The Labute approximate surface area is 229 Å². The first-order chi connectivity index (χ1) is 17.8. The third kappa shape index (κ3) is 7.14. The smallest absolute Gasteiger partial charge is 0.268 e. The van der Waals surface area contributed by atoms with Crippen LogP contribution >= 0.6 is 11.9 Å². The summed E-state index contributed by atoms with van der Waals surface area (Å²) in [6.45, 7) is 10.6. The number of hydrogen-bond donors (Lipinski definition) is 5. The summed E-state index contributed by atoms with van der Waals surface area (Å²) in [6, 6.07) is 9.26. The van der Waals surface area contributed by atoms with E-state index in [9.17, 15) is 9.59 Å². The molecule has 0 spiro atoms. The Kier molecular flexibility index (Phi) is 8.89. The van der Waals surface area contributed by atoms with E-state index in [0.29, 0.717) is 29.2 Å². The van der Waals surface area contributed by atoms with E-state index in [2.05, 4.69) is 28.3 Å². The Bertz CT molecular complexity index is 1230. The highest BCUT2D eigenvalue weighted by molar-refractivity contribution is 7.99. The summed E-state index contributed by atoms with van der Waals surface area (Å²) < 4.78 is 8.93. The normalized spacial score (nSPS) is 14.5. The first-order valence-electron chi connectivity index (χ1n) is 12.5. The van der Waals surface area contributed by atoms with Crippen molar-refractivity contribution in [3.8, 4) is 5.75 Å². The number of aryl methyl sites for hydroxylation is 1. The largest absolute Gasteiger partial charge is 0.492 e. The molecule has 7 N–H and O–H groups in total. The van der Waals surface area contributed by atoms with Gasteiger partial charge in [0.05, 0.1) is 24.2 Å². The molecule has 0 unspecified atom stereocenters. The molecule has 1 saturated carbocycles. The van der Waals surface area contributed by atoms with Gasteiger partial charge in [0.2, 0.25) is 0 Å². The van der Waals surface area contributed by atoms with Crippen LogP contribution in [0.4, 0.5) is 17.1 Å². The van der Waals surface area contributed by atoms with Gasteiger partial charge in [0, 0.05) is 24.6 Å². The Morgan fingerprint density at radius 1 is 1.18 bits per heavy atom. The Hall–Kier alpha value is -3.37. The molecule has 0 bridgehead atoms. The van der Waals surface area contributed by atoms with E-state index in [0.717, 1.165) is 29.7 Å². The maximum atomic E-state index is 13.4. The molecule has 2 aromatic carbocycles. The van der Waals surface area contributed by atoms with E-state index in [-0.39, 0.29) is 22.4 Å². The molecule has 0 saturated heterocycles. The van der Waals surface area contributed by atoms with Crippen LogP contribution in [0.1, 0.15) is 62.0 Å². The third-order valence-electron chi connectivity index (χ3n) is 6.52. The number of benzene rings is 2. The van der Waals surface area contributed by atoms with E-state index in [1.807, 2.05) is 40.0 Å². The summed E-state index contributed by atoms with van der Waals surface area (Å²) in [5.41, 5.74) is 10.3. The van der Waals surface area contributed by atoms with Gasteiger partial charge in [-0.05, 0) is 66.0 Å². The quantitative estimate of drug-likeness (QED) is 0.127. The summed E-state index contributed by atoms with van der Waals surface area (Å²) in [6.07, 6.45) is 5.49. The molecule has 1 fully saturated rings. The maximum Gasteiger partial charge on any atom is 0.268 e. The fourth-order valence-electron chi connectivity index (χ4n) is 3.90. The topological polar surface area (TPSA) is 135 Å². The molecule has 0 heterocycles. The standard InChI is InChI=1S/C28H40N6O3S/c1-17-8-9-18(12-23(17)34(30)15-20(29)26(36)31-16-27(2,3)4)25(35)32-21-13-19(28(5)10-11-28)14-22(33-38-7)24(21)37-6/h8-9,12-15,33H,10-11,16,29-30H2,1-7H3,(H,31,36)(H,32,35)/b20-15-. The average molecular weight is 541 g/mol. The van der Waals surface area contributed by atoms with E-state index in [4.69, 9.17) is 16.3 Å². The predicted octanol–water partition coefficient (Wildman–Crippen LogP) is 4.64. The number of nitrogens with one attached hydrogen (secondary N) is 3. The molecule has 1 aliphatic rings. The second-order valence-electron chi connectivity index (χ2n) is 11.2. The number of amides is 2. The molecule has 206 valence electrons. The van der Waals surface area contributed by atoms with Crippen molar-refractivity contribution < 1.29 is 14.3 Å². The van der Waals surface area contributed by atoms with Crippen LogP contribution in [0.5, 0.6) is 5.75 Å². The van der Waals surface area contributed by atoms with Crippen LogP contribution in [0.3, 0.4) is 0 Å². The molecule has 9 nitrogen and oxygen atoms in total. The minimum absolute atomic E-state index is 0.0325. The van der Waals surface area contributed by atoms with Crippen LogP contribution in [0.25, 0.3) is 0 Å². The molecule has 1 aliphatic carbocycles. The van der Waals surface area contributed by atoms with Gasteiger partial charge in [-0.25, -0.2) is 5.84 Å². The van der Waals surface area contributed by atoms with Crippen molar-refractivity contribution in [3.63, 3.8) is 0 Å². The number of methoxy groups -OCH3 is 1. The molecule has 3 rings (SSSR count). The fraction of sp³-hybridized carbons (Fsp3) is 0.429. The van der Waals surface area contributed by atoms with Crippen LogP contribution in [-0.4, -0.2) is 31.7 Å². The minimum Gasteiger partial charge on any atom is -0.492 e. The van der Waals surface area contributed by atoms with Gasteiger partial charge in [-0.1, -0.05) is 45.7 Å². The molecule has 0 atom stereocenters. The van der Waals surface area contributed by atoms with Crippen LogP contribution in [0.2, 0.25) is 0 Å². The number of nitrogens with zero attached hydrogens (tertiary/aromatic N) is 1. The predicted molar refractivity (Wildman–Crippen MR) is 157 cm³/mol. The van der Waals surface area contributed by atoms with Crippen molar-refractivity contribution in [2.24, 2.45) is 17.0 Å². The highest BCUT2D eigenvalue weighted by Gasteiger charge is 2.40. The van der Waals surface area contributed by atoms with Gasteiger partial charge in [-0.3, -0.25) is 14.6 Å². The minimum atomic E-state index is -0.409. The number of carbonyl (C=O) groups excluding carboxylic acids is 2. The van der Waals surface area contributed by atoms with E-state index >= 15 is 0 Å². The van der Waals surface area contributed by atoms with E-state index in [1.54, 1.807) is 25.3 Å². The van der Waals surface area contributed by atoms with Gasteiger partial charge in [0.25, 0.3) is 11.8 Å². The van der Waals surface area contributed by atoms with Gasteiger partial charge in [-0.15, -0.1) is 0 Å². The number of hydrogen-bond acceptors (Lipinski definition) is 8. The number of ether oxygens (including phenoxy) is 1. The highest BCUT2D eigenvalue weighted by Crippen LogP contribution is 2.51. The second-order valence-corrected chi connectivity index (χ2v) is 11.8. The van der Waals surface area contributed by atoms with Crippen molar-refractivity contribution in [2.75, 3.05) is 35.0 Å². The van der Waals surface area contributed by atoms with Crippen LogP contribution in [0, 0.1) is 12.3 Å². The number of rotatable bonds is 10. The van der Waals surface area contributed by atoms with Gasteiger partial charge >= 0.3 is 0 Å². The second kappa shape index (κ2) is 11.6. The zero-order chi connectivity index (χ0) is 28.3. The van der Waals surface area contributed by atoms with Gasteiger partial charge < -0.3 is 25.8 Å². The van der Waals surface area contributed by atoms with Crippen molar-refractivity contribution in [1.82, 2.24) is 5.32 Å². The van der Waals surface area contributed by atoms with Crippen molar-refractivity contribution in [3.05, 3.63) is 58.9 Å². The Morgan fingerprint density at radius 3 is 2.42 bits per heavy atom. The van der Waals surface area contributed by atoms with Crippen molar-refractivity contribution in [2.45, 2.75) is 52.9 Å². The number of anilines is 3. The summed E-state index contributed by atoms with van der Waals surface area (Å²) in [5, 5.41) is 7.07. The van der Waals surface area contributed by atoms with Gasteiger partial charge in [0.1, 0.15) is 5.70 Å². The zero-order valence-corrected chi connectivity index (χ0v) is 24.1. The van der Waals surface area contributed by atoms with Crippen molar-refractivity contribution >= 4 is 40.8 Å². The van der Waals surface area contributed by atoms with Crippen molar-refractivity contribution in [1.29, 1.82) is 0 Å².